The fraction of sp³-hybridized carbons (Fsp3) is 0.478. The second kappa shape index (κ2) is 9.09. The maximum atomic E-state index is 5.89. The normalized spacial score (nSPS) is 14.9. The van der Waals surface area contributed by atoms with Gasteiger partial charge >= 0.3 is 0 Å². The van der Waals surface area contributed by atoms with Crippen molar-refractivity contribution in [1.29, 1.82) is 0 Å². The highest BCUT2D eigenvalue weighted by molar-refractivity contribution is 5.44. The minimum atomic E-state index is 0.426. The summed E-state index contributed by atoms with van der Waals surface area (Å²) < 4.78 is 17.4. The van der Waals surface area contributed by atoms with Crippen molar-refractivity contribution in [3.8, 4) is 11.5 Å². The molecule has 0 bridgehead atoms. The third-order valence-electron chi connectivity index (χ3n) is 4.95. The average Bonchev–Trinajstić information content (AvgIpc) is 2.90. The highest BCUT2D eigenvalue weighted by Gasteiger charge is 2.13. The van der Waals surface area contributed by atoms with E-state index in [1.165, 1.54) is 16.7 Å². The third-order valence-corrected chi connectivity index (χ3v) is 4.95. The lowest BCUT2D eigenvalue weighted by Crippen LogP contribution is -2.02. The van der Waals surface area contributed by atoms with Gasteiger partial charge in [-0.25, -0.2) is 0 Å². The molecular formula is C23H30O3. The Morgan fingerprint density at radius 3 is 2.31 bits per heavy atom. The van der Waals surface area contributed by atoms with Crippen molar-refractivity contribution in [3.05, 3.63) is 59.2 Å². The Kier molecular flexibility index (Phi) is 6.56. The van der Waals surface area contributed by atoms with E-state index in [9.17, 15) is 0 Å². The van der Waals surface area contributed by atoms with Crippen molar-refractivity contribution in [1.82, 2.24) is 0 Å². The molecule has 26 heavy (non-hydrogen) atoms. The van der Waals surface area contributed by atoms with Gasteiger partial charge < -0.3 is 14.2 Å². The lowest BCUT2D eigenvalue weighted by molar-refractivity contribution is 0.115. The number of ether oxygens (including phenoxy) is 3. The van der Waals surface area contributed by atoms with Gasteiger partial charge in [-0.1, -0.05) is 51.1 Å². The number of hydrogen-bond donors (Lipinski definition) is 0. The molecular weight excluding hydrogens is 324 g/mol. The molecule has 0 N–H and O–H groups in total. The van der Waals surface area contributed by atoms with Gasteiger partial charge in [-0.15, -0.1) is 0 Å². The first-order valence-corrected chi connectivity index (χ1v) is 9.69. The SMILES string of the molecule is CC(C)c1ccc(COCCC(C)c2ccc3c(c2)OCCCO3)cc1. The summed E-state index contributed by atoms with van der Waals surface area (Å²) in [7, 11) is 0. The molecule has 0 aromatic heterocycles. The highest BCUT2D eigenvalue weighted by Crippen LogP contribution is 2.33. The Morgan fingerprint density at radius 2 is 1.58 bits per heavy atom. The maximum Gasteiger partial charge on any atom is 0.161 e. The van der Waals surface area contributed by atoms with Crippen molar-refractivity contribution in [2.24, 2.45) is 0 Å². The van der Waals surface area contributed by atoms with Crippen LogP contribution in [0.3, 0.4) is 0 Å². The molecule has 0 saturated heterocycles. The summed E-state index contributed by atoms with van der Waals surface area (Å²) in [6.07, 6.45) is 1.93. The molecule has 3 heteroatoms. The van der Waals surface area contributed by atoms with E-state index in [0.29, 0.717) is 18.4 Å². The van der Waals surface area contributed by atoms with Crippen molar-refractivity contribution < 1.29 is 14.2 Å². The van der Waals surface area contributed by atoms with Crippen molar-refractivity contribution >= 4 is 0 Å². The van der Waals surface area contributed by atoms with Gasteiger partial charge in [0, 0.05) is 13.0 Å². The van der Waals surface area contributed by atoms with Crippen molar-refractivity contribution in [2.75, 3.05) is 19.8 Å². The first kappa shape index (κ1) is 18.8. The van der Waals surface area contributed by atoms with Crippen LogP contribution in [0.2, 0.25) is 0 Å². The third kappa shape index (κ3) is 5.01. The van der Waals surface area contributed by atoms with Gasteiger partial charge in [-0.2, -0.15) is 0 Å². The van der Waals surface area contributed by atoms with Gasteiger partial charge in [0.25, 0.3) is 0 Å². The zero-order chi connectivity index (χ0) is 18.4. The van der Waals surface area contributed by atoms with E-state index >= 15 is 0 Å². The lowest BCUT2D eigenvalue weighted by Gasteiger charge is -2.15. The predicted molar refractivity (Wildman–Crippen MR) is 105 cm³/mol. The number of fused-ring (bicyclic) bond motifs is 1. The lowest BCUT2D eigenvalue weighted by atomic mass is 9.98. The summed E-state index contributed by atoms with van der Waals surface area (Å²) in [6, 6.07) is 15.0. The number of rotatable bonds is 7. The molecule has 3 rings (SSSR count). The molecule has 1 heterocycles. The number of benzene rings is 2. The van der Waals surface area contributed by atoms with E-state index in [1.807, 2.05) is 6.07 Å². The molecule has 2 aromatic rings. The smallest absolute Gasteiger partial charge is 0.161 e. The second-order valence-electron chi connectivity index (χ2n) is 7.40. The fourth-order valence-electron chi connectivity index (χ4n) is 3.10. The Bertz CT molecular complexity index is 691. The summed E-state index contributed by atoms with van der Waals surface area (Å²) in [5, 5.41) is 0. The topological polar surface area (TPSA) is 27.7 Å². The first-order valence-electron chi connectivity index (χ1n) is 9.69. The van der Waals surface area contributed by atoms with E-state index in [-0.39, 0.29) is 0 Å². The van der Waals surface area contributed by atoms with E-state index < -0.39 is 0 Å². The minimum absolute atomic E-state index is 0.426. The Morgan fingerprint density at radius 1 is 0.885 bits per heavy atom. The van der Waals surface area contributed by atoms with Gasteiger partial charge in [0.1, 0.15) is 0 Å². The molecule has 2 aromatic carbocycles. The average molecular weight is 354 g/mol. The molecule has 3 nitrogen and oxygen atoms in total. The van der Waals surface area contributed by atoms with Crippen LogP contribution in [0.5, 0.6) is 11.5 Å². The Labute approximate surface area is 157 Å². The zero-order valence-corrected chi connectivity index (χ0v) is 16.2. The monoisotopic (exact) mass is 354 g/mol. The molecule has 0 radical (unpaired) electrons. The molecule has 140 valence electrons. The van der Waals surface area contributed by atoms with E-state index in [0.717, 1.165) is 44.2 Å². The maximum absolute atomic E-state index is 5.89. The van der Waals surface area contributed by atoms with Gasteiger partial charge in [-0.05, 0) is 47.1 Å². The van der Waals surface area contributed by atoms with E-state index in [1.54, 1.807) is 0 Å². The van der Waals surface area contributed by atoms with Crippen LogP contribution < -0.4 is 9.47 Å². The van der Waals surface area contributed by atoms with Crippen molar-refractivity contribution in [3.63, 3.8) is 0 Å². The van der Waals surface area contributed by atoms with Gasteiger partial charge in [0.15, 0.2) is 11.5 Å². The number of hydrogen-bond acceptors (Lipinski definition) is 3. The summed E-state index contributed by atoms with van der Waals surface area (Å²) in [5.74, 6) is 2.73. The van der Waals surface area contributed by atoms with Crippen LogP contribution in [0, 0.1) is 0 Å². The molecule has 0 fully saturated rings. The van der Waals surface area contributed by atoms with E-state index in [2.05, 4.69) is 57.2 Å². The highest BCUT2D eigenvalue weighted by atomic mass is 16.5. The van der Waals surface area contributed by atoms with E-state index in [4.69, 9.17) is 14.2 Å². The second-order valence-corrected chi connectivity index (χ2v) is 7.40. The predicted octanol–water partition coefficient (Wildman–Crippen LogP) is 5.68. The van der Waals surface area contributed by atoms with Crippen LogP contribution in [-0.2, 0) is 11.3 Å². The minimum Gasteiger partial charge on any atom is -0.490 e. The first-order chi connectivity index (χ1) is 12.6. The van der Waals surface area contributed by atoms with Crippen LogP contribution >= 0.6 is 0 Å². The molecule has 0 amide bonds. The molecule has 1 aliphatic heterocycles. The van der Waals surface area contributed by atoms with Crippen LogP contribution in [0.15, 0.2) is 42.5 Å². The van der Waals surface area contributed by atoms with Gasteiger partial charge in [0.2, 0.25) is 0 Å². The summed E-state index contributed by atoms with van der Waals surface area (Å²) in [5.41, 5.74) is 3.88. The van der Waals surface area contributed by atoms with Crippen LogP contribution in [0.25, 0.3) is 0 Å². The summed E-state index contributed by atoms with van der Waals surface area (Å²) in [4.78, 5) is 0. The van der Waals surface area contributed by atoms with Gasteiger partial charge in [-0.3, -0.25) is 0 Å². The molecule has 1 aliphatic rings. The summed E-state index contributed by atoms with van der Waals surface area (Å²) >= 11 is 0. The van der Waals surface area contributed by atoms with Crippen LogP contribution in [0.4, 0.5) is 0 Å². The Hall–Kier alpha value is -2.00. The quantitative estimate of drug-likeness (QED) is 0.599. The zero-order valence-electron chi connectivity index (χ0n) is 16.2. The molecule has 0 aliphatic carbocycles. The summed E-state index contributed by atoms with van der Waals surface area (Å²) in [6.45, 7) is 9.55. The van der Waals surface area contributed by atoms with Crippen LogP contribution in [0.1, 0.15) is 62.1 Å². The van der Waals surface area contributed by atoms with Crippen LogP contribution in [-0.4, -0.2) is 19.8 Å². The largest absolute Gasteiger partial charge is 0.490 e. The fourth-order valence-corrected chi connectivity index (χ4v) is 3.10. The molecule has 1 unspecified atom stereocenters. The van der Waals surface area contributed by atoms with Crippen molar-refractivity contribution in [2.45, 2.75) is 52.1 Å². The van der Waals surface area contributed by atoms with Gasteiger partial charge in [0.05, 0.1) is 19.8 Å². The molecule has 1 atom stereocenters. The standard InChI is InChI=1S/C23H30O3/c1-17(2)20-7-5-19(6-8-20)16-24-14-11-18(3)21-9-10-22-23(15-21)26-13-4-12-25-22/h5-10,15,17-18H,4,11-14,16H2,1-3H3. The molecule has 0 saturated carbocycles. The Balaban J connectivity index is 1.46. The molecule has 0 spiro atoms.